The molecule has 2 aromatic carbocycles. The van der Waals surface area contributed by atoms with Gasteiger partial charge in [0.2, 0.25) is 0 Å². The Morgan fingerprint density at radius 1 is 0.840 bits per heavy atom. The molecule has 0 saturated carbocycles. The van der Waals surface area contributed by atoms with Crippen molar-refractivity contribution in [3.8, 4) is 0 Å². The number of methoxy groups -OCH3 is 1. The molecule has 2 rings (SSSR count). The van der Waals surface area contributed by atoms with Gasteiger partial charge in [-0.2, -0.15) is 0 Å². The molecule has 0 saturated heterocycles. The summed E-state index contributed by atoms with van der Waals surface area (Å²) in [5, 5.41) is 0. The largest absolute Gasteiger partial charge is 0.377 e. The van der Waals surface area contributed by atoms with Crippen LogP contribution in [-0.4, -0.2) is 23.7 Å². The van der Waals surface area contributed by atoms with Crippen LogP contribution in [0.4, 0.5) is 0 Å². The van der Waals surface area contributed by atoms with Crippen molar-refractivity contribution in [2.24, 2.45) is 5.92 Å². The van der Waals surface area contributed by atoms with Crippen LogP contribution in [0.3, 0.4) is 0 Å². The normalized spacial score (nSPS) is 13.4. The molecule has 0 N–H and O–H groups in total. The van der Waals surface area contributed by atoms with E-state index in [1.807, 2.05) is 7.11 Å². The number of hydrogen-bond donors (Lipinski definition) is 0. The van der Waals surface area contributed by atoms with Gasteiger partial charge in [-0.1, -0.05) is 74.5 Å². The highest BCUT2D eigenvalue weighted by Gasteiger charge is 2.34. The van der Waals surface area contributed by atoms with E-state index in [4.69, 9.17) is 4.74 Å². The molecular weight excluding hydrogens is 306 g/mol. The van der Waals surface area contributed by atoms with E-state index >= 15 is 0 Å². The summed E-state index contributed by atoms with van der Waals surface area (Å²) >= 11 is 0. The van der Waals surface area contributed by atoms with Crippen molar-refractivity contribution in [1.82, 2.24) is 4.90 Å². The van der Waals surface area contributed by atoms with Crippen LogP contribution >= 0.6 is 0 Å². The maximum absolute atomic E-state index is 5.92. The summed E-state index contributed by atoms with van der Waals surface area (Å²) in [5.41, 5.74) is 2.49. The molecule has 2 nitrogen and oxygen atoms in total. The number of benzene rings is 2. The Bertz CT molecular complexity index is 565. The van der Waals surface area contributed by atoms with Gasteiger partial charge in [0, 0.05) is 26.2 Å². The zero-order chi connectivity index (χ0) is 18.3. The summed E-state index contributed by atoms with van der Waals surface area (Å²) in [7, 11) is 1.83. The standard InChI is InChI=1S/C23H33NO/c1-19(2)16-22(23(3,4)25-5)24(17-20-12-8-6-9-13-20)18-21-14-10-7-11-15-21/h6-15,19,22H,16-18H2,1-5H3/t22-/m1/s1. The molecule has 0 aliphatic carbocycles. The third-order valence-electron chi connectivity index (χ3n) is 4.92. The van der Waals surface area contributed by atoms with Gasteiger partial charge in [-0.15, -0.1) is 0 Å². The van der Waals surface area contributed by atoms with Crippen molar-refractivity contribution in [3.63, 3.8) is 0 Å². The van der Waals surface area contributed by atoms with Crippen LogP contribution in [0.25, 0.3) is 0 Å². The van der Waals surface area contributed by atoms with Crippen LogP contribution in [0.2, 0.25) is 0 Å². The summed E-state index contributed by atoms with van der Waals surface area (Å²) in [6.07, 6.45) is 1.11. The van der Waals surface area contributed by atoms with Crippen molar-refractivity contribution in [2.75, 3.05) is 7.11 Å². The SMILES string of the molecule is COC(C)(C)[C@@H](CC(C)C)N(Cc1ccccc1)Cc1ccccc1. The van der Waals surface area contributed by atoms with Crippen molar-refractivity contribution >= 4 is 0 Å². The molecule has 0 spiro atoms. The second-order valence-corrected chi connectivity index (χ2v) is 7.83. The lowest BCUT2D eigenvalue weighted by atomic mass is 9.88. The Hall–Kier alpha value is -1.64. The number of rotatable bonds is 9. The van der Waals surface area contributed by atoms with E-state index < -0.39 is 0 Å². The highest BCUT2D eigenvalue weighted by Crippen LogP contribution is 2.28. The molecule has 0 fully saturated rings. The van der Waals surface area contributed by atoms with E-state index in [2.05, 4.69) is 93.3 Å². The molecule has 0 aliphatic rings. The summed E-state index contributed by atoms with van der Waals surface area (Å²) in [4.78, 5) is 2.58. The number of hydrogen-bond acceptors (Lipinski definition) is 2. The van der Waals surface area contributed by atoms with Gasteiger partial charge in [0.15, 0.2) is 0 Å². The Balaban J connectivity index is 2.32. The molecular formula is C23H33NO. The number of nitrogens with zero attached hydrogens (tertiary/aromatic N) is 1. The minimum absolute atomic E-state index is 0.201. The van der Waals surface area contributed by atoms with E-state index in [0.717, 1.165) is 19.5 Å². The molecule has 0 bridgehead atoms. The van der Waals surface area contributed by atoms with Gasteiger partial charge in [-0.25, -0.2) is 0 Å². The summed E-state index contributed by atoms with van der Waals surface area (Å²) < 4.78 is 5.92. The summed E-state index contributed by atoms with van der Waals surface area (Å²) in [6.45, 7) is 10.9. The third-order valence-corrected chi connectivity index (χ3v) is 4.92. The van der Waals surface area contributed by atoms with Gasteiger partial charge < -0.3 is 4.74 Å². The highest BCUT2D eigenvalue weighted by molar-refractivity contribution is 5.17. The zero-order valence-electron chi connectivity index (χ0n) is 16.4. The highest BCUT2D eigenvalue weighted by atomic mass is 16.5. The molecule has 0 aliphatic heterocycles. The first-order valence-electron chi connectivity index (χ1n) is 9.29. The van der Waals surface area contributed by atoms with E-state index in [-0.39, 0.29) is 5.60 Å². The third kappa shape index (κ3) is 5.98. The van der Waals surface area contributed by atoms with Gasteiger partial charge in [0.1, 0.15) is 0 Å². The molecule has 0 unspecified atom stereocenters. The van der Waals surface area contributed by atoms with Gasteiger partial charge >= 0.3 is 0 Å². The van der Waals surface area contributed by atoms with Crippen LogP contribution in [-0.2, 0) is 17.8 Å². The number of ether oxygens (including phenoxy) is 1. The van der Waals surface area contributed by atoms with Crippen LogP contribution in [0.5, 0.6) is 0 Å². The average Bonchev–Trinajstić information content (AvgIpc) is 2.61. The molecule has 25 heavy (non-hydrogen) atoms. The Kier molecular flexibility index (Phi) is 7.22. The molecule has 0 aromatic heterocycles. The molecule has 1 atom stereocenters. The smallest absolute Gasteiger partial charge is 0.0777 e. The van der Waals surface area contributed by atoms with Crippen molar-refractivity contribution in [3.05, 3.63) is 71.8 Å². The lowest BCUT2D eigenvalue weighted by Crippen LogP contribution is -2.50. The fraction of sp³-hybridized carbons (Fsp3) is 0.478. The first-order chi connectivity index (χ1) is 11.9. The van der Waals surface area contributed by atoms with Gasteiger partial charge in [0.25, 0.3) is 0 Å². The Morgan fingerprint density at radius 2 is 1.28 bits per heavy atom. The monoisotopic (exact) mass is 339 g/mol. The van der Waals surface area contributed by atoms with Crippen LogP contribution in [0, 0.1) is 5.92 Å². The van der Waals surface area contributed by atoms with E-state index in [0.29, 0.717) is 12.0 Å². The average molecular weight is 340 g/mol. The van der Waals surface area contributed by atoms with Crippen molar-refractivity contribution < 1.29 is 4.74 Å². The predicted octanol–water partition coefficient (Wildman–Crippen LogP) is 5.53. The van der Waals surface area contributed by atoms with Crippen LogP contribution in [0.1, 0.15) is 45.2 Å². The molecule has 2 heteroatoms. The second kappa shape index (κ2) is 9.17. The lowest BCUT2D eigenvalue weighted by molar-refractivity contribution is -0.0655. The predicted molar refractivity (Wildman–Crippen MR) is 106 cm³/mol. The molecule has 0 radical (unpaired) electrons. The summed E-state index contributed by atoms with van der Waals surface area (Å²) in [5.74, 6) is 0.619. The first-order valence-corrected chi connectivity index (χ1v) is 9.29. The van der Waals surface area contributed by atoms with Crippen molar-refractivity contribution in [2.45, 2.75) is 58.8 Å². The molecule has 2 aromatic rings. The fourth-order valence-corrected chi connectivity index (χ4v) is 3.37. The quantitative estimate of drug-likeness (QED) is 0.596. The van der Waals surface area contributed by atoms with Crippen molar-refractivity contribution in [1.29, 1.82) is 0 Å². The van der Waals surface area contributed by atoms with E-state index in [1.54, 1.807) is 0 Å². The minimum Gasteiger partial charge on any atom is -0.377 e. The van der Waals surface area contributed by atoms with Crippen LogP contribution < -0.4 is 0 Å². The van der Waals surface area contributed by atoms with E-state index in [1.165, 1.54) is 11.1 Å². The fourth-order valence-electron chi connectivity index (χ4n) is 3.37. The van der Waals surface area contributed by atoms with Gasteiger partial charge in [-0.3, -0.25) is 4.90 Å². The zero-order valence-corrected chi connectivity index (χ0v) is 16.4. The topological polar surface area (TPSA) is 12.5 Å². The van der Waals surface area contributed by atoms with E-state index in [9.17, 15) is 0 Å². The summed E-state index contributed by atoms with van der Waals surface area (Å²) in [6, 6.07) is 21.8. The van der Waals surface area contributed by atoms with Gasteiger partial charge in [0.05, 0.1) is 5.60 Å². The molecule has 136 valence electrons. The Labute approximate surface area is 153 Å². The van der Waals surface area contributed by atoms with Crippen LogP contribution in [0.15, 0.2) is 60.7 Å². The maximum atomic E-state index is 5.92. The minimum atomic E-state index is -0.201. The first kappa shape index (κ1) is 19.7. The molecule has 0 amide bonds. The maximum Gasteiger partial charge on any atom is 0.0777 e. The Morgan fingerprint density at radius 3 is 1.64 bits per heavy atom. The molecule has 0 heterocycles. The van der Waals surface area contributed by atoms with Gasteiger partial charge in [-0.05, 0) is 37.3 Å². The second-order valence-electron chi connectivity index (χ2n) is 7.83. The lowest BCUT2D eigenvalue weighted by Gasteiger charge is -2.42.